The third kappa shape index (κ3) is 3.85. The molecule has 1 aliphatic rings. The van der Waals surface area contributed by atoms with E-state index in [9.17, 15) is 9.59 Å². The zero-order valence-electron chi connectivity index (χ0n) is 13.3. The molecule has 1 aliphatic heterocycles. The van der Waals surface area contributed by atoms with Crippen molar-refractivity contribution < 1.29 is 19.1 Å². The number of thiocarbonyl (C=S) groups is 1. The van der Waals surface area contributed by atoms with Crippen molar-refractivity contribution in [2.45, 2.75) is 6.42 Å². The minimum absolute atomic E-state index is 0.0433. The summed E-state index contributed by atoms with van der Waals surface area (Å²) in [5.74, 6) is -0.264. The van der Waals surface area contributed by atoms with Crippen LogP contribution in [0.3, 0.4) is 0 Å². The van der Waals surface area contributed by atoms with Crippen molar-refractivity contribution in [3.63, 3.8) is 0 Å². The number of carboxylic acid groups (broad SMARTS) is 1. The average Bonchev–Trinajstić information content (AvgIpc) is 3.19. The Morgan fingerprint density at radius 1 is 1.38 bits per heavy atom. The quantitative estimate of drug-likeness (QED) is 0.623. The molecule has 0 bridgehead atoms. The third-order valence-electron chi connectivity index (χ3n) is 3.60. The van der Waals surface area contributed by atoms with E-state index < -0.39 is 5.97 Å². The largest absolute Gasteiger partial charge is 0.481 e. The van der Waals surface area contributed by atoms with Gasteiger partial charge in [-0.1, -0.05) is 36.1 Å². The van der Waals surface area contributed by atoms with E-state index in [0.717, 1.165) is 17.3 Å². The molecule has 0 spiro atoms. The van der Waals surface area contributed by atoms with E-state index in [4.69, 9.17) is 27.0 Å². The second-order valence-electron chi connectivity index (χ2n) is 5.37. The van der Waals surface area contributed by atoms with Crippen LogP contribution < -0.4 is 0 Å². The summed E-state index contributed by atoms with van der Waals surface area (Å²) >= 11 is 6.26. The van der Waals surface area contributed by atoms with Crippen molar-refractivity contribution in [1.82, 2.24) is 4.90 Å². The lowest BCUT2D eigenvalue weighted by Gasteiger charge is -2.12. The van der Waals surface area contributed by atoms with Gasteiger partial charge in [-0.25, -0.2) is 0 Å². The highest BCUT2D eigenvalue weighted by Crippen LogP contribution is 2.33. The summed E-state index contributed by atoms with van der Waals surface area (Å²) < 4.78 is 6.07. The Kier molecular flexibility index (Phi) is 5.21. The van der Waals surface area contributed by atoms with Crippen LogP contribution in [0, 0.1) is 11.3 Å². The van der Waals surface area contributed by atoms with Gasteiger partial charge in [0, 0.05) is 18.2 Å². The van der Waals surface area contributed by atoms with Gasteiger partial charge in [0.2, 0.25) is 0 Å². The Morgan fingerprint density at radius 3 is 2.92 bits per heavy atom. The number of hydrogen-bond donors (Lipinski definition) is 1. The summed E-state index contributed by atoms with van der Waals surface area (Å²) in [5.41, 5.74) is 1.29. The topological polar surface area (TPSA) is 94.5 Å². The lowest BCUT2D eigenvalue weighted by molar-refractivity contribution is -0.137. The van der Waals surface area contributed by atoms with Gasteiger partial charge in [-0.05, 0) is 24.3 Å². The van der Waals surface area contributed by atoms with Crippen LogP contribution in [-0.2, 0) is 9.59 Å². The van der Waals surface area contributed by atoms with Gasteiger partial charge in [-0.15, -0.1) is 0 Å². The Bertz CT molecular complexity index is 972. The number of nitriles is 1. The van der Waals surface area contributed by atoms with Crippen LogP contribution in [0.5, 0.6) is 0 Å². The van der Waals surface area contributed by atoms with E-state index in [1.807, 2.05) is 6.07 Å². The van der Waals surface area contributed by atoms with Gasteiger partial charge in [0.25, 0.3) is 5.91 Å². The molecule has 2 aromatic rings. The molecule has 1 amide bonds. The summed E-state index contributed by atoms with van der Waals surface area (Å²) in [7, 11) is 0. The Balaban J connectivity index is 1.80. The van der Waals surface area contributed by atoms with Crippen LogP contribution >= 0.6 is 24.0 Å². The fourth-order valence-electron chi connectivity index (χ4n) is 2.36. The Morgan fingerprint density at radius 2 is 2.19 bits per heavy atom. The lowest BCUT2D eigenvalue weighted by atomic mass is 10.1. The monoisotopic (exact) mass is 384 g/mol. The van der Waals surface area contributed by atoms with E-state index in [0.29, 0.717) is 26.3 Å². The van der Waals surface area contributed by atoms with Gasteiger partial charge in [-0.2, -0.15) is 5.26 Å². The number of furan rings is 1. The smallest absolute Gasteiger partial charge is 0.305 e. The number of carbonyl (C=O) groups is 2. The van der Waals surface area contributed by atoms with Crippen LogP contribution in [0.25, 0.3) is 17.4 Å². The summed E-state index contributed by atoms with van der Waals surface area (Å²) in [6.07, 6.45) is 1.41. The highest BCUT2D eigenvalue weighted by atomic mass is 32.2. The maximum atomic E-state index is 12.4. The van der Waals surface area contributed by atoms with Gasteiger partial charge in [0.1, 0.15) is 15.8 Å². The number of carboxylic acids is 1. The van der Waals surface area contributed by atoms with Crippen LogP contribution in [0.15, 0.2) is 45.7 Å². The van der Waals surface area contributed by atoms with Gasteiger partial charge in [-0.3, -0.25) is 14.5 Å². The van der Waals surface area contributed by atoms with Gasteiger partial charge in [0.05, 0.1) is 23.0 Å². The molecular weight excluding hydrogens is 372 g/mol. The number of aliphatic carboxylic acids is 1. The highest BCUT2D eigenvalue weighted by Gasteiger charge is 2.32. The maximum Gasteiger partial charge on any atom is 0.305 e. The second-order valence-corrected chi connectivity index (χ2v) is 7.05. The lowest BCUT2D eigenvalue weighted by Crippen LogP contribution is -2.30. The van der Waals surface area contributed by atoms with Crippen LogP contribution in [-0.4, -0.2) is 32.7 Å². The van der Waals surface area contributed by atoms with Crippen molar-refractivity contribution in [1.29, 1.82) is 5.26 Å². The average molecular weight is 384 g/mol. The first-order valence-corrected chi connectivity index (χ1v) is 8.78. The van der Waals surface area contributed by atoms with E-state index in [1.54, 1.807) is 36.4 Å². The number of nitrogens with zero attached hydrogens (tertiary/aromatic N) is 2. The first-order valence-electron chi connectivity index (χ1n) is 7.55. The minimum atomic E-state index is -0.988. The van der Waals surface area contributed by atoms with E-state index in [-0.39, 0.29) is 18.9 Å². The molecular formula is C18H12N2O4S2. The predicted octanol–water partition coefficient (Wildman–Crippen LogP) is 3.49. The first kappa shape index (κ1) is 17.9. The van der Waals surface area contributed by atoms with Gasteiger partial charge >= 0.3 is 5.97 Å². The summed E-state index contributed by atoms with van der Waals surface area (Å²) in [6.45, 7) is 0.0433. The summed E-state index contributed by atoms with van der Waals surface area (Å²) in [6, 6.07) is 12.6. The normalized spacial score (nSPS) is 15.5. The standard InChI is InChI=1S/C18H12N2O4S2/c19-10-11-2-1-3-12(8-11)14-5-4-13(24-14)9-15-17(23)20(18(25)26-15)7-6-16(21)22/h1-5,8-9H,6-7H2,(H,21,22)/b15-9+. The fourth-order valence-corrected chi connectivity index (χ4v) is 3.65. The molecule has 8 heteroatoms. The highest BCUT2D eigenvalue weighted by molar-refractivity contribution is 8.26. The molecule has 130 valence electrons. The van der Waals surface area contributed by atoms with Crippen molar-refractivity contribution in [3.05, 3.63) is 52.6 Å². The third-order valence-corrected chi connectivity index (χ3v) is 4.98. The van der Waals surface area contributed by atoms with Crippen molar-refractivity contribution >= 4 is 46.3 Å². The molecule has 0 unspecified atom stereocenters. The second kappa shape index (κ2) is 7.56. The van der Waals surface area contributed by atoms with E-state index >= 15 is 0 Å². The molecule has 6 nitrogen and oxygen atoms in total. The van der Waals surface area contributed by atoms with Crippen molar-refractivity contribution in [2.75, 3.05) is 6.54 Å². The molecule has 1 aromatic heterocycles. The Hall–Kier alpha value is -2.89. The molecule has 0 radical (unpaired) electrons. The van der Waals surface area contributed by atoms with Crippen molar-refractivity contribution in [2.24, 2.45) is 0 Å². The molecule has 1 fully saturated rings. The molecule has 1 N–H and O–H groups in total. The molecule has 1 saturated heterocycles. The zero-order valence-corrected chi connectivity index (χ0v) is 15.0. The number of thioether (sulfide) groups is 1. The summed E-state index contributed by atoms with van der Waals surface area (Å²) in [4.78, 5) is 24.7. The van der Waals surface area contributed by atoms with Crippen LogP contribution in [0.1, 0.15) is 17.7 Å². The van der Waals surface area contributed by atoms with Gasteiger partial charge in [0.15, 0.2) is 0 Å². The van der Waals surface area contributed by atoms with Crippen molar-refractivity contribution in [3.8, 4) is 17.4 Å². The predicted molar refractivity (Wildman–Crippen MR) is 101 cm³/mol. The fraction of sp³-hybridized carbons (Fsp3) is 0.111. The molecule has 1 aromatic carbocycles. The molecule has 0 atom stereocenters. The summed E-state index contributed by atoms with van der Waals surface area (Å²) in [5, 5.41) is 17.7. The van der Waals surface area contributed by atoms with Crippen LogP contribution in [0.2, 0.25) is 0 Å². The number of benzene rings is 1. The van der Waals surface area contributed by atoms with Gasteiger partial charge < -0.3 is 9.52 Å². The molecule has 0 aliphatic carbocycles. The molecule has 26 heavy (non-hydrogen) atoms. The zero-order chi connectivity index (χ0) is 18.7. The number of carbonyl (C=O) groups excluding carboxylic acids is 1. The first-order chi connectivity index (χ1) is 12.5. The number of hydrogen-bond acceptors (Lipinski definition) is 6. The number of rotatable bonds is 5. The minimum Gasteiger partial charge on any atom is -0.481 e. The maximum absolute atomic E-state index is 12.4. The number of amides is 1. The molecule has 2 heterocycles. The molecule has 0 saturated carbocycles. The SMILES string of the molecule is N#Cc1cccc(-c2ccc(/C=C3/SC(=S)N(CCC(=O)O)C3=O)o2)c1. The van der Waals surface area contributed by atoms with E-state index in [2.05, 4.69) is 6.07 Å². The Labute approximate surface area is 158 Å². The van der Waals surface area contributed by atoms with E-state index in [1.165, 1.54) is 4.90 Å². The van der Waals surface area contributed by atoms with Crippen LogP contribution in [0.4, 0.5) is 0 Å². The molecule has 3 rings (SSSR count).